The zero-order valence-corrected chi connectivity index (χ0v) is 12.4. The van der Waals surface area contributed by atoms with Crippen molar-refractivity contribution < 1.29 is 13.5 Å². The van der Waals surface area contributed by atoms with Gasteiger partial charge in [-0.1, -0.05) is 24.6 Å². The van der Waals surface area contributed by atoms with E-state index in [0.29, 0.717) is 24.6 Å². The molecular formula is C13H18ClNO3S. The molecule has 19 heavy (non-hydrogen) atoms. The lowest BCUT2D eigenvalue weighted by Gasteiger charge is -2.21. The lowest BCUT2D eigenvalue weighted by atomic mass is 10.2. The van der Waals surface area contributed by atoms with E-state index in [1.165, 1.54) is 16.4 Å². The molecule has 6 heteroatoms. The second-order valence-electron chi connectivity index (χ2n) is 4.82. The van der Waals surface area contributed by atoms with Crippen molar-refractivity contribution in [3.8, 4) is 0 Å². The Morgan fingerprint density at radius 3 is 2.63 bits per heavy atom. The minimum absolute atomic E-state index is 0.0863. The highest BCUT2D eigenvalue weighted by atomic mass is 35.5. The van der Waals surface area contributed by atoms with Crippen molar-refractivity contribution in [1.29, 1.82) is 0 Å². The predicted octanol–water partition coefficient (Wildman–Crippen LogP) is 2.25. The highest BCUT2D eigenvalue weighted by molar-refractivity contribution is 7.89. The largest absolute Gasteiger partial charge is 0.392 e. The number of hydrogen-bond donors (Lipinski definition) is 1. The molecule has 0 bridgehead atoms. The van der Waals surface area contributed by atoms with E-state index in [2.05, 4.69) is 0 Å². The Kier molecular flexibility index (Phi) is 4.50. The molecule has 0 aliphatic heterocycles. The summed E-state index contributed by atoms with van der Waals surface area (Å²) in [5.74, 6) is 0.481. The average Bonchev–Trinajstić information content (AvgIpc) is 3.20. The van der Waals surface area contributed by atoms with Crippen LogP contribution in [0.4, 0.5) is 0 Å². The van der Waals surface area contributed by atoms with Gasteiger partial charge in [-0.2, -0.15) is 4.31 Å². The van der Waals surface area contributed by atoms with E-state index in [1.54, 1.807) is 6.07 Å². The second-order valence-corrected chi connectivity index (χ2v) is 7.14. The van der Waals surface area contributed by atoms with Gasteiger partial charge in [-0.25, -0.2) is 8.42 Å². The Morgan fingerprint density at radius 1 is 1.42 bits per heavy atom. The van der Waals surface area contributed by atoms with Gasteiger partial charge in [-0.15, -0.1) is 0 Å². The molecule has 0 radical (unpaired) electrons. The molecule has 1 aliphatic carbocycles. The molecule has 1 saturated carbocycles. The highest BCUT2D eigenvalue weighted by Gasteiger charge is 2.31. The third-order valence-electron chi connectivity index (χ3n) is 3.31. The smallest absolute Gasteiger partial charge is 0.244 e. The fraction of sp³-hybridized carbons (Fsp3) is 0.538. The fourth-order valence-corrected chi connectivity index (χ4v) is 4.02. The number of sulfonamides is 1. The maximum atomic E-state index is 12.6. The van der Waals surface area contributed by atoms with Crippen molar-refractivity contribution in [3.05, 3.63) is 28.8 Å². The zero-order chi connectivity index (χ0) is 14.0. The molecule has 0 atom stereocenters. The summed E-state index contributed by atoms with van der Waals surface area (Å²) in [5.41, 5.74) is 0.547. The number of halogens is 1. The number of nitrogens with zero attached hydrogens (tertiary/aromatic N) is 1. The summed E-state index contributed by atoms with van der Waals surface area (Å²) in [7, 11) is -3.58. The maximum absolute atomic E-state index is 12.6. The first-order valence-corrected chi connectivity index (χ1v) is 8.20. The van der Waals surface area contributed by atoms with Crippen molar-refractivity contribution >= 4 is 21.6 Å². The summed E-state index contributed by atoms with van der Waals surface area (Å²) in [6, 6.07) is 4.59. The number of hydrogen-bond acceptors (Lipinski definition) is 3. The van der Waals surface area contributed by atoms with Crippen molar-refractivity contribution in [2.75, 3.05) is 13.1 Å². The zero-order valence-electron chi connectivity index (χ0n) is 10.8. The summed E-state index contributed by atoms with van der Waals surface area (Å²) in [4.78, 5) is 0.0863. The first-order valence-electron chi connectivity index (χ1n) is 6.38. The van der Waals surface area contributed by atoms with E-state index in [0.717, 1.165) is 12.8 Å². The molecule has 0 spiro atoms. The average molecular weight is 304 g/mol. The molecule has 106 valence electrons. The molecule has 0 unspecified atom stereocenters. The highest BCUT2D eigenvalue weighted by Crippen LogP contribution is 2.33. The van der Waals surface area contributed by atoms with Gasteiger partial charge in [0.15, 0.2) is 0 Å². The van der Waals surface area contributed by atoms with Gasteiger partial charge in [0.25, 0.3) is 0 Å². The van der Waals surface area contributed by atoms with E-state index in [9.17, 15) is 8.42 Å². The van der Waals surface area contributed by atoms with Gasteiger partial charge in [0.2, 0.25) is 10.0 Å². The van der Waals surface area contributed by atoms with Crippen molar-refractivity contribution in [1.82, 2.24) is 4.31 Å². The molecule has 1 aliphatic rings. The van der Waals surface area contributed by atoms with E-state index < -0.39 is 10.0 Å². The Hall–Kier alpha value is -0.620. The molecule has 0 saturated heterocycles. The van der Waals surface area contributed by atoms with Crippen molar-refractivity contribution in [2.24, 2.45) is 5.92 Å². The molecule has 0 amide bonds. The van der Waals surface area contributed by atoms with Crippen LogP contribution in [0.25, 0.3) is 0 Å². The van der Waals surface area contributed by atoms with Gasteiger partial charge < -0.3 is 5.11 Å². The molecular weight excluding hydrogens is 286 g/mol. The van der Waals surface area contributed by atoms with E-state index in [4.69, 9.17) is 16.7 Å². The molecule has 4 nitrogen and oxygen atoms in total. The van der Waals surface area contributed by atoms with Gasteiger partial charge in [0.1, 0.15) is 4.90 Å². The van der Waals surface area contributed by atoms with Crippen molar-refractivity contribution in [2.45, 2.75) is 31.3 Å². The Morgan fingerprint density at radius 2 is 2.11 bits per heavy atom. The Labute approximate surface area is 119 Å². The third kappa shape index (κ3) is 3.28. The van der Waals surface area contributed by atoms with E-state index in [1.807, 2.05) is 6.92 Å². The SMILES string of the molecule is CCN(CC1CC1)S(=O)(=O)c1cc(CO)ccc1Cl. The summed E-state index contributed by atoms with van der Waals surface area (Å²) in [5, 5.41) is 9.32. The standard InChI is InChI=1S/C13H18ClNO3S/c1-2-15(8-10-3-4-10)19(17,18)13-7-11(9-16)5-6-12(13)14/h5-7,10,16H,2-4,8-9H2,1H3. The van der Waals surface area contributed by atoms with Crippen molar-refractivity contribution in [3.63, 3.8) is 0 Å². The van der Waals surface area contributed by atoms with Crippen LogP contribution < -0.4 is 0 Å². The van der Waals surface area contributed by atoms with Crippen LogP contribution in [0.15, 0.2) is 23.1 Å². The monoisotopic (exact) mass is 303 g/mol. The van der Waals surface area contributed by atoms with E-state index in [-0.39, 0.29) is 16.5 Å². The number of aliphatic hydroxyl groups is 1. The van der Waals surface area contributed by atoms with Crippen LogP contribution in [0.5, 0.6) is 0 Å². The van der Waals surface area contributed by atoms with Gasteiger partial charge in [0.05, 0.1) is 11.6 Å². The van der Waals surface area contributed by atoms with Crippen LogP contribution >= 0.6 is 11.6 Å². The van der Waals surface area contributed by atoms with Crippen LogP contribution in [-0.2, 0) is 16.6 Å². The lowest BCUT2D eigenvalue weighted by Crippen LogP contribution is -2.33. The van der Waals surface area contributed by atoms with Crippen LogP contribution in [-0.4, -0.2) is 30.9 Å². The molecule has 0 aromatic heterocycles. The van der Waals surface area contributed by atoms with Crippen LogP contribution in [0.1, 0.15) is 25.3 Å². The van der Waals surface area contributed by atoms with E-state index >= 15 is 0 Å². The Bertz CT molecular complexity index is 555. The summed E-state index contributed by atoms with van der Waals surface area (Å²) in [6.07, 6.45) is 2.19. The van der Waals surface area contributed by atoms with Crippen LogP contribution in [0, 0.1) is 5.92 Å². The fourth-order valence-electron chi connectivity index (χ4n) is 1.97. The number of rotatable bonds is 6. The topological polar surface area (TPSA) is 57.6 Å². The predicted molar refractivity (Wildman–Crippen MR) is 74.5 cm³/mol. The maximum Gasteiger partial charge on any atom is 0.244 e. The van der Waals surface area contributed by atoms with Gasteiger partial charge >= 0.3 is 0 Å². The first-order chi connectivity index (χ1) is 8.98. The first kappa shape index (κ1) is 14.8. The molecule has 2 rings (SSSR count). The molecule has 1 N–H and O–H groups in total. The molecule has 0 heterocycles. The molecule has 1 fully saturated rings. The molecule has 1 aromatic carbocycles. The summed E-state index contributed by atoms with van der Waals surface area (Å²) in [6.45, 7) is 2.61. The second kappa shape index (κ2) is 5.79. The van der Waals surface area contributed by atoms with Gasteiger partial charge in [0, 0.05) is 13.1 Å². The third-order valence-corrected chi connectivity index (χ3v) is 5.73. The molecule has 1 aromatic rings. The minimum atomic E-state index is -3.58. The normalized spacial score (nSPS) is 16.0. The van der Waals surface area contributed by atoms with Gasteiger partial charge in [-0.3, -0.25) is 0 Å². The van der Waals surface area contributed by atoms with Crippen LogP contribution in [0.2, 0.25) is 5.02 Å². The van der Waals surface area contributed by atoms with Crippen LogP contribution in [0.3, 0.4) is 0 Å². The summed E-state index contributed by atoms with van der Waals surface area (Å²) >= 11 is 6.00. The number of aliphatic hydroxyl groups excluding tert-OH is 1. The quantitative estimate of drug-likeness (QED) is 0.877. The lowest BCUT2D eigenvalue weighted by molar-refractivity contribution is 0.281. The number of benzene rings is 1. The minimum Gasteiger partial charge on any atom is -0.392 e. The Balaban J connectivity index is 2.35. The van der Waals surface area contributed by atoms with Gasteiger partial charge in [-0.05, 0) is 36.5 Å². The summed E-state index contributed by atoms with van der Waals surface area (Å²) < 4.78 is 26.6.